The molecule has 1 aliphatic rings. The second-order valence-electron chi connectivity index (χ2n) is 5.80. The molecule has 1 atom stereocenters. The average molecular weight is 490 g/mol. The molecule has 0 bridgehead atoms. The van der Waals surface area contributed by atoms with Gasteiger partial charge in [-0.2, -0.15) is 6.08 Å². The van der Waals surface area contributed by atoms with Crippen LogP contribution in [0.4, 0.5) is 0 Å². The molecule has 0 aromatic heterocycles. The van der Waals surface area contributed by atoms with Crippen molar-refractivity contribution in [3.63, 3.8) is 0 Å². The third kappa shape index (κ3) is 11.7. The van der Waals surface area contributed by atoms with Crippen molar-refractivity contribution in [3.05, 3.63) is 121 Å². The van der Waals surface area contributed by atoms with E-state index in [1.165, 1.54) is 15.9 Å². The second-order valence-corrected chi connectivity index (χ2v) is 10.5. The summed E-state index contributed by atoms with van der Waals surface area (Å²) < 4.78 is 0. The Morgan fingerprint density at radius 3 is 1.48 bits per heavy atom. The van der Waals surface area contributed by atoms with Crippen LogP contribution in [-0.4, -0.2) is 6.19 Å². The zero-order chi connectivity index (χ0) is 19.2. The van der Waals surface area contributed by atoms with E-state index in [0.29, 0.717) is 0 Å². The summed E-state index contributed by atoms with van der Waals surface area (Å²) in [5.74, 6) is 0. The monoisotopic (exact) mass is 489 g/mol. The van der Waals surface area contributed by atoms with Crippen molar-refractivity contribution in [2.75, 3.05) is 0 Å². The number of hydrogen-bond donors (Lipinski definition) is 0. The fraction of sp³-hybridized carbons (Fsp3) is 0.0833. The van der Waals surface area contributed by atoms with Crippen LogP contribution in [0.3, 0.4) is 0 Å². The third-order valence-corrected chi connectivity index (χ3v) is 8.79. The van der Waals surface area contributed by atoms with E-state index >= 15 is 0 Å². The summed E-state index contributed by atoms with van der Waals surface area (Å²) >= 11 is 2.34. The number of halogens is 2. The number of rotatable bonds is 3. The van der Waals surface area contributed by atoms with Crippen LogP contribution in [0.1, 0.15) is 12.0 Å². The Morgan fingerprint density at radius 2 is 1.21 bits per heavy atom. The van der Waals surface area contributed by atoms with Crippen molar-refractivity contribution >= 4 is 25.8 Å². The van der Waals surface area contributed by atoms with Crippen molar-refractivity contribution in [2.45, 2.75) is 12.6 Å². The molecule has 148 valence electrons. The minimum atomic E-state index is -0.545. The van der Waals surface area contributed by atoms with Crippen molar-refractivity contribution in [1.29, 1.82) is 0 Å². The van der Waals surface area contributed by atoms with E-state index < -0.39 is 6.19 Å². The van der Waals surface area contributed by atoms with E-state index in [1.54, 1.807) is 0 Å². The number of hydrogen-bond acceptors (Lipinski definition) is 0. The summed E-state index contributed by atoms with van der Waals surface area (Å²) in [4.78, 5) is 0. The molecule has 0 saturated carbocycles. The predicted molar refractivity (Wildman–Crippen MR) is 119 cm³/mol. The summed E-state index contributed by atoms with van der Waals surface area (Å²) in [5, 5.41) is 2.95. The van der Waals surface area contributed by atoms with Gasteiger partial charge >= 0.3 is 96.4 Å². The van der Waals surface area contributed by atoms with Gasteiger partial charge in [0.15, 0.2) is 0 Å². The second kappa shape index (κ2) is 17.9. The Hall–Kier alpha value is -0.919. The zero-order valence-corrected chi connectivity index (χ0v) is 21.4. The first-order valence-corrected chi connectivity index (χ1v) is 13.6. The van der Waals surface area contributed by atoms with E-state index in [4.69, 9.17) is 0 Å². The molecule has 0 N–H and O–H groups in total. The molecule has 0 amide bonds. The van der Waals surface area contributed by atoms with Crippen LogP contribution in [0.2, 0.25) is 0 Å². The zero-order valence-electron chi connectivity index (χ0n) is 16.1. The van der Waals surface area contributed by atoms with Crippen LogP contribution in [0.25, 0.3) is 0 Å². The molecule has 5 heteroatoms. The van der Waals surface area contributed by atoms with Crippen molar-refractivity contribution in [2.24, 2.45) is 0 Å². The van der Waals surface area contributed by atoms with Crippen molar-refractivity contribution in [1.82, 2.24) is 0 Å². The quantitative estimate of drug-likeness (QED) is 0.244. The standard InChI is InChI=1S/C12H10Si.C7H9P.C5H5.2ClH.Ti/c1-3-7-11(8-4-1)13-12-9-5-2-6-10-12;8-6-7-4-2-1-3-5-7;1-2-4-5-3-1;;;/h1-10H;1-5H,6,8H2;1-3H,4H2;2*1H;/q;;-1;;;+2/p-2. The SMILES string of the molecule is PCc1ccccc1.[C-]1=CC=CC1.[Cl-].[Cl-].[Ti+2]=[Si](c1ccccc1)c1ccccc1. The molecule has 0 saturated heterocycles. The van der Waals surface area contributed by atoms with Gasteiger partial charge in [-0.05, 0) is 11.7 Å². The summed E-state index contributed by atoms with van der Waals surface area (Å²) in [7, 11) is 2.69. The van der Waals surface area contributed by atoms with E-state index in [9.17, 15) is 0 Å². The molecule has 1 unspecified atom stereocenters. The summed E-state index contributed by atoms with van der Waals surface area (Å²) in [5.41, 5.74) is 1.37. The third-order valence-electron chi connectivity index (χ3n) is 3.79. The van der Waals surface area contributed by atoms with Crippen LogP contribution in [0, 0.1) is 6.08 Å². The topological polar surface area (TPSA) is 0 Å². The van der Waals surface area contributed by atoms with Gasteiger partial charge in [-0.3, -0.25) is 6.08 Å². The van der Waals surface area contributed by atoms with Gasteiger partial charge in [0.2, 0.25) is 0 Å². The van der Waals surface area contributed by atoms with Crippen molar-refractivity contribution < 1.29 is 44.0 Å². The summed E-state index contributed by atoms with van der Waals surface area (Å²) in [6.45, 7) is 0. The van der Waals surface area contributed by atoms with Gasteiger partial charge in [-0.15, -0.1) is 15.7 Å². The number of allylic oxidation sites excluding steroid dienone is 4. The molecular weight excluding hydrogens is 466 g/mol. The molecule has 0 spiro atoms. The van der Waals surface area contributed by atoms with Gasteiger partial charge in [0.25, 0.3) is 0 Å². The molecule has 1 aliphatic carbocycles. The average Bonchev–Trinajstić information content (AvgIpc) is 3.36. The normalized spacial score (nSPS) is 10.3. The van der Waals surface area contributed by atoms with Crippen LogP contribution in [0.5, 0.6) is 0 Å². The van der Waals surface area contributed by atoms with Crippen LogP contribution in [0.15, 0.2) is 109 Å². The van der Waals surface area contributed by atoms with Gasteiger partial charge < -0.3 is 24.8 Å². The van der Waals surface area contributed by atoms with E-state index in [0.717, 1.165) is 12.6 Å². The Labute approximate surface area is 202 Å². The van der Waals surface area contributed by atoms with Crippen LogP contribution in [-0.2, 0) is 25.3 Å². The Bertz CT molecular complexity index is 802. The Kier molecular flexibility index (Phi) is 17.3. The molecule has 3 aromatic rings. The first-order valence-electron chi connectivity index (χ1n) is 8.96. The molecule has 0 nitrogen and oxygen atoms in total. The van der Waals surface area contributed by atoms with E-state index in [1.807, 2.05) is 18.2 Å². The van der Waals surface area contributed by atoms with Crippen LogP contribution < -0.4 is 35.2 Å². The molecule has 4 rings (SSSR count). The maximum absolute atomic E-state index is 2.99. The van der Waals surface area contributed by atoms with E-state index in [2.05, 4.69) is 125 Å². The first-order chi connectivity index (χ1) is 13.3. The Morgan fingerprint density at radius 1 is 0.759 bits per heavy atom. The minimum absolute atomic E-state index is 0. The Balaban J connectivity index is 0.000000445. The number of benzene rings is 3. The molecular formula is C24H24Cl2PSiTi-. The van der Waals surface area contributed by atoms with E-state index in [-0.39, 0.29) is 24.8 Å². The molecule has 3 aromatic carbocycles. The fourth-order valence-electron chi connectivity index (χ4n) is 2.33. The first kappa shape index (κ1) is 28.1. The maximum atomic E-state index is 2.99. The van der Waals surface area contributed by atoms with Gasteiger partial charge in [-0.25, -0.2) is 12.2 Å². The molecule has 29 heavy (non-hydrogen) atoms. The predicted octanol–water partition coefficient (Wildman–Crippen LogP) is -1.29. The van der Waals surface area contributed by atoms with Crippen LogP contribution >= 0.6 is 9.24 Å². The molecule has 0 radical (unpaired) electrons. The molecule has 0 fully saturated rings. The molecule has 0 heterocycles. The van der Waals surface area contributed by atoms with Crippen molar-refractivity contribution in [3.8, 4) is 0 Å². The van der Waals surface area contributed by atoms with Gasteiger partial charge in [0, 0.05) is 0 Å². The fourth-order valence-corrected chi connectivity index (χ4v) is 5.55. The van der Waals surface area contributed by atoms with Gasteiger partial charge in [0.1, 0.15) is 0 Å². The summed E-state index contributed by atoms with van der Waals surface area (Å²) in [6, 6.07) is 31.9. The summed E-state index contributed by atoms with van der Waals surface area (Å²) in [6.07, 6.45) is 10.5. The van der Waals surface area contributed by atoms with Gasteiger partial charge in [-0.1, -0.05) is 30.3 Å². The van der Waals surface area contributed by atoms with Gasteiger partial charge in [0.05, 0.1) is 0 Å². The molecule has 0 aliphatic heterocycles.